The lowest BCUT2D eigenvalue weighted by molar-refractivity contribution is 0.260. The van der Waals surface area contributed by atoms with Crippen molar-refractivity contribution < 1.29 is 0 Å². The molecule has 0 unspecified atom stereocenters. The molecule has 0 saturated heterocycles. The zero-order valence-corrected chi connectivity index (χ0v) is 8.32. The number of rotatable bonds is 1. The minimum atomic E-state index is 0.752. The SMILES string of the molecule is C1=CCN(C2Cc3ccccc3C2)C1. The fraction of sp³-hybridized carbons (Fsp3) is 0.385. The minimum absolute atomic E-state index is 0.752. The molecule has 1 aliphatic heterocycles. The van der Waals surface area contributed by atoms with Gasteiger partial charge < -0.3 is 0 Å². The molecule has 0 N–H and O–H groups in total. The van der Waals surface area contributed by atoms with Crippen molar-refractivity contribution in [3.8, 4) is 0 Å². The van der Waals surface area contributed by atoms with Crippen molar-refractivity contribution in [1.82, 2.24) is 4.90 Å². The van der Waals surface area contributed by atoms with Gasteiger partial charge in [-0.2, -0.15) is 0 Å². The molecule has 0 saturated carbocycles. The van der Waals surface area contributed by atoms with E-state index >= 15 is 0 Å². The molecule has 0 aromatic heterocycles. The molecule has 0 fully saturated rings. The fourth-order valence-corrected chi connectivity index (χ4v) is 2.59. The molecule has 72 valence electrons. The molecule has 2 aliphatic rings. The van der Waals surface area contributed by atoms with E-state index in [0.29, 0.717) is 0 Å². The predicted octanol–water partition coefficient (Wildman–Crippen LogP) is 2.03. The first-order valence-corrected chi connectivity index (χ1v) is 5.39. The molecule has 0 spiro atoms. The van der Waals surface area contributed by atoms with E-state index in [9.17, 15) is 0 Å². The third-order valence-electron chi connectivity index (χ3n) is 3.39. The lowest BCUT2D eigenvalue weighted by Gasteiger charge is -2.22. The predicted molar refractivity (Wildman–Crippen MR) is 58.4 cm³/mol. The summed E-state index contributed by atoms with van der Waals surface area (Å²) in [4.78, 5) is 2.57. The van der Waals surface area contributed by atoms with E-state index < -0.39 is 0 Å². The quantitative estimate of drug-likeness (QED) is 0.605. The van der Waals surface area contributed by atoms with Crippen LogP contribution in [0.5, 0.6) is 0 Å². The average Bonchev–Trinajstić information content (AvgIpc) is 2.86. The monoisotopic (exact) mass is 185 g/mol. The van der Waals surface area contributed by atoms with Gasteiger partial charge in [-0.05, 0) is 24.0 Å². The molecule has 1 aromatic rings. The third kappa shape index (κ3) is 1.28. The van der Waals surface area contributed by atoms with Gasteiger partial charge in [-0.1, -0.05) is 36.4 Å². The van der Waals surface area contributed by atoms with E-state index in [1.165, 1.54) is 12.8 Å². The van der Waals surface area contributed by atoms with Gasteiger partial charge in [0.25, 0.3) is 0 Å². The number of hydrogen-bond acceptors (Lipinski definition) is 1. The number of benzene rings is 1. The van der Waals surface area contributed by atoms with Crippen LogP contribution in [0.15, 0.2) is 36.4 Å². The molecule has 1 heterocycles. The van der Waals surface area contributed by atoms with Gasteiger partial charge >= 0.3 is 0 Å². The first-order valence-electron chi connectivity index (χ1n) is 5.39. The topological polar surface area (TPSA) is 3.24 Å². The van der Waals surface area contributed by atoms with Crippen molar-refractivity contribution in [2.24, 2.45) is 0 Å². The zero-order chi connectivity index (χ0) is 9.38. The Bertz CT molecular complexity index is 334. The highest BCUT2D eigenvalue weighted by atomic mass is 15.2. The molecule has 0 atom stereocenters. The van der Waals surface area contributed by atoms with Crippen LogP contribution in [0, 0.1) is 0 Å². The van der Waals surface area contributed by atoms with E-state index in [2.05, 4.69) is 41.3 Å². The molecular formula is C13H15N. The van der Waals surface area contributed by atoms with Crippen LogP contribution < -0.4 is 0 Å². The Morgan fingerprint density at radius 1 is 0.929 bits per heavy atom. The molecule has 1 heteroatoms. The summed E-state index contributed by atoms with van der Waals surface area (Å²) < 4.78 is 0. The smallest absolute Gasteiger partial charge is 0.0183 e. The summed E-state index contributed by atoms with van der Waals surface area (Å²) in [5.74, 6) is 0. The Morgan fingerprint density at radius 3 is 2.07 bits per heavy atom. The van der Waals surface area contributed by atoms with Crippen LogP contribution in [0.3, 0.4) is 0 Å². The van der Waals surface area contributed by atoms with Gasteiger partial charge in [-0.3, -0.25) is 4.90 Å². The summed E-state index contributed by atoms with van der Waals surface area (Å²) >= 11 is 0. The van der Waals surface area contributed by atoms with Gasteiger partial charge in [-0.25, -0.2) is 0 Å². The van der Waals surface area contributed by atoms with E-state index in [-0.39, 0.29) is 0 Å². The van der Waals surface area contributed by atoms with Gasteiger partial charge in [0.05, 0.1) is 0 Å². The maximum Gasteiger partial charge on any atom is 0.0183 e. The summed E-state index contributed by atoms with van der Waals surface area (Å²) in [6.07, 6.45) is 7.06. The van der Waals surface area contributed by atoms with Crippen molar-refractivity contribution >= 4 is 0 Å². The highest BCUT2D eigenvalue weighted by Crippen LogP contribution is 2.26. The minimum Gasteiger partial charge on any atom is -0.292 e. The molecule has 14 heavy (non-hydrogen) atoms. The van der Waals surface area contributed by atoms with E-state index in [1.807, 2.05) is 0 Å². The Hall–Kier alpha value is -1.08. The highest BCUT2D eigenvalue weighted by molar-refractivity contribution is 5.33. The van der Waals surface area contributed by atoms with Crippen LogP contribution in [0.1, 0.15) is 11.1 Å². The molecule has 1 aromatic carbocycles. The molecule has 0 bridgehead atoms. The Kier molecular flexibility index (Phi) is 1.91. The maximum absolute atomic E-state index is 2.57. The first-order chi connectivity index (χ1) is 6.93. The Balaban J connectivity index is 1.78. The van der Waals surface area contributed by atoms with Crippen LogP contribution >= 0.6 is 0 Å². The normalized spacial score (nSPS) is 21.7. The molecule has 0 radical (unpaired) electrons. The molecule has 1 nitrogen and oxygen atoms in total. The first kappa shape index (κ1) is 8.25. The van der Waals surface area contributed by atoms with E-state index in [1.54, 1.807) is 11.1 Å². The lowest BCUT2D eigenvalue weighted by atomic mass is 10.1. The van der Waals surface area contributed by atoms with Crippen LogP contribution in [0.2, 0.25) is 0 Å². The van der Waals surface area contributed by atoms with Gasteiger partial charge in [0, 0.05) is 19.1 Å². The largest absolute Gasteiger partial charge is 0.292 e. The molecular weight excluding hydrogens is 170 g/mol. The summed E-state index contributed by atoms with van der Waals surface area (Å²) in [6, 6.07) is 9.62. The van der Waals surface area contributed by atoms with Crippen LogP contribution in [0.4, 0.5) is 0 Å². The van der Waals surface area contributed by atoms with Gasteiger partial charge in [-0.15, -0.1) is 0 Å². The van der Waals surface area contributed by atoms with Crippen molar-refractivity contribution in [1.29, 1.82) is 0 Å². The maximum atomic E-state index is 2.57. The third-order valence-corrected chi connectivity index (χ3v) is 3.39. The fourth-order valence-electron chi connectivity index (χ4n) is 2.59. The second-order valence-corrected chi connectivity index (χ2v) is 4.26. The van der Waals surface area contributed by atoms with Crippen LogP contribution in [-0.4, -0.2) is 24.0 Å². The van der Waals surface area contributed by atoms with Gasteiger partial charge in [0.1, 0.15) is 0 Å². The van der Waals surface area contributed by atoms with Crippen molar-refractivity contribution in [2.75, 3.05) is 13.1 Å². The molecule has 3 rings (SSSR count). The van der Waals surface area contributed by atoms with Gasteiger partial charge in [0.15, 0.2) is 0 Å². The number of nitrogens with zero attached hydrogens (tertiary/aromatic N) is 1. The molecule has 1 aliphatic carbocycles. The average molecular weight is 185 g/mol. The van der Waals surface area contributed by atoms with Crippen molar-refractivity contribution in [3.63, 3.8) is 0 Å². The Morgan fingerprint density at radius 2 is 1.50 bits per heavy atom. The van der Waals surface area contributed by atoms with E-state index in [0.717, 1.165) is 19.1 Å². The summed E-state index contributed by atoms with van der Waals surface area (Å²) in [5.41, 5.74) is 3.12. The van der Waals surface area contributed by atoms with Crippen LogP contribution in [0.25, 0.3) is 0 Å². The molecule has 0 amide bonds. The van der Waals surface area contributed by atoms with Gasteiger partial charge in [0.2, 0.25) is 0 Å². The lowest BCUT2D eigenvalue weighted by Crippen LogP contribution is -2.33. The second-order valence-electron chi connectivity index (χ2n) is 4.26. The summed E-state index contributed by atoms with van der Waals surface area (Å²) in [5, 5.41) is 0. The zero-order valence-electron chi connectivity index (χ0n) is 8.32. The van der Waals surface area contributed by atoms with Crippen molar-refractivity contribution in [3.05, 3.63) is 47.5 Å². The Labute approximate surface area is 85.0 Å². The summed E-state index contributed by atoms with van der Waals surface area (Å²) in [6.45, 7) is 2.30. The van der Waals surface area contributed by atoms with E-state index in [4.69, 9.17) is 0 Å². The van der Waals surface area contributed by atoms with Crippen molar-refractivity contribution in [2.45, 2.75) is 18.9 Å². The number of fused-ring (bicyclic) bond motifs is 1. The summed E-state index contributed by atoms with van der Waals surface area (Å²) in [7, 11) is 0. The van der Waals surface area contributed by atoms with Crippen LogP contribution in [-0.2, 0) is 12.8 Å². The highest BCUT2D eigenvalue weighted by Gasteiger charge is 2.26. The standard InChI is InChI=1S/C13H15N/c1-2-6-12-10-13(9-11(12)5-1)14-7-3-4-8-14/h1-6,13H,7-10H2. The number of hydrogen-bond donors (Lipinski definition) is 0. The second kappa shape index (κ2) is 3.25.